The van der Waals surface area contributed by atoms with Crippen molar-refractivity contribution in [2.75, 3.05) is 29.9 Å². The van der Waals surface area contributed by atoms with Gasteiger partial charge in [0.2, 0.25) is 0 Å². The van der Waals surface area contributed by atoms with E-state index in [-0.39, 0.29) is 35.0 Å². The van der Waals surface area contributed by atoms with Crippen LogP contribution in [-0.4, -0.2) is 61.6 Å². The van der Waals surface area contributed by atoms with Gasteiger partial charge in [0.05, 0.1) is 17.6 Å². The van der Waals surface area contributed by atoms with E-state index in [1.54, 1.807) is 20.1 Å². The molecule has 12 heteroatoms. The summed E-state index contributed by atoms with van der Waals surface area (Å²) < 4.78 is 4.94. The number of hydrogen-bond acceptors (Lipinski definition) is 6. The molecule has 1 fully saturated rings. The first-order valence-corrected chi connectivity index (χ1v) is 13.1. The van der Waals surface area contributed by atoms with E-state index in [2.05, 4.69) is 30.9 Å². The van der Waals surface area contributed by atoms with Crippen LogP contribution in [0, 0.1) is 0 Å². The Morgan fingerprint density at radius 2 is 1.90 bits per heavy atom. The minimum absolute atomic E-state index is 0.0213. The van der Waals surface area contributed by atoms with Crippen LogP contribution in [0.2, 0.25) is 0 Å². The topological polar surface area (TPSA) is 131 Å². The number of nitrogens with zero attached hydrogens (tertiary/aromatic N) is 6. The number of carbonyl (C=O) groups excluding carboxylic acids is 2. The van der Waals surface area contributed by atoms with Crippen LogP contribution in [0.4, 0.5) is 16.4 Å². The van der Waals surface area contributed by atoms with E-state index >= 15 is 0 Å². The Morgan fingerprint density at radius 1 is 1.13 bits per heavy atom. The van der Waals surface area contributed by atoms with Gasteiger partial charge in [-0.05, 0) is 43.5 Å². The summed E-state index contributed by atoms with van der Waals surface area (Å²) in [5, 5.41) is 13.1. The minimum atomic E-state index is -0.361. The average molecular weight is 532 g/mol. The lowest BCUT2D eigenvalue weighted by atomic mass is 10.0. The second-order valence-electron chi connectivity index (χ2n) is 9.90. The molecule has 0 saturated carbocycles. The molecule has 3 aromatic heterocycles. The minimum Gasteiger partial charge on any atom is -0.353 e. The molecule has 1 saturated heterocycles. The zero-order chi connectivity index (χ0) is 27.7. The van der Waals surface area contributed by atoms with Gasteiger partial charge in [-0.3, -0.25) is 19.6 Å². The average Bonchev–Trinajstić information content (AvgIpc) is 3.59. The van der Waals surface area contributed by atoms with Crippen LogP contribution in [0.25, 0.3) is 11.3 Å². The summed E-state index contributed by atoms with van der Waals surface area (Å²) in [6.45, 7) is 7.56. The Bertz CT molecular complexity index is 1570. The van der Waals surface area contributed by atoms with Gasteiger partial charge in [0.25, 0.3) is 11.5 Å². The van der Waals surface area contributed by atoms with E-state index in [1.807, 2.05) is 70.3 Å². The van der Waals surface area contributed by atoms with E-state index in [4.69, 9.17) is 0 Å². The maximum Gasteiger partial charge on any atom is 0.320 e. The van der Waals surface area contributed by atoms with Gasteiger partial charge in [-0.25, -0.2) is 19.0 Å². The molecule has 1 aliphatic rings. The van der Waals surface area contributed by atoms with Gasteiger partial charge < -0.3 is 15.5 Å². The molecule has 4 aromatic rings. The van der Waals surface area contributed by atoms with E-state index < -0.39 is 0 Å². The van der Waals surface area contributed by atoms with Crippen molar-refractivity contribution in [1.29, 1.82) is 0 Å². The zero-order valence-electron chi connectivity index (χ0n) is 22.5. The molecule has 1 aromatic carbocycles. The number of rotatable bonds is 7. The van der Waals surface area contributed by atoms with Crippen LogP contribution in [0.3, 0.4) is 0 Å². The smallest absolute Gasteiger partial charge is 0.320 e. The second-order valence-corrected chi connectivity index (χ2v) is 9.90. The van der Waals surface area contributed by atoms with Gasteiger partial charge in [0.1, 0.15) is 11.4 Å². The molecule has 1 aliphatic heterocycles. The summed E-state index contributed by atoms with van der Waals surface area (Å²) in [5.41, 5.74) is 1.86. The SMILES string of the molecule is CCNC(=O)Nc1cn2nc(N3CCC(NC(=O)c4c(C(C)C)n(C)n(-c5ccccc5)c4=O)C3)ccc2n1. The lowest BCUT2D eigenvalue weighted by molar-refractivity contribution is 0.0937. The molecule has 0 spiro atoms. The highest BCUT2D eigenvalue weighted by Crippen LogP contribution is 2.22. The third-order valence-electron chi connectivity index (χ3n) is 6.82. The van der Waals surface area contributed by atoms with Gasteiger partial charge in [-0.1, -0.05) is 32.0 Å². The number of amides is 3. The fraction of sp³-hybridized carbons (Fsp3) is 0.370. The summed E-state index contributed by atoms with van der Waals surface area (Å²) in [4.78, 5) is 45.2. The summed E-state index contributed by atoms with van der Waals surface area (Å²) in [5.74, 6) is 0.754. The third-order valence-corrected chi connectivity index (χ3v) is 6.82. The molecule has 1 unspecified atom stereocenters. The number of imidazole rings is 1. The zero-order valence-corrected chi connectivity index (χ0v) is 22.5. The highest BCUT2D eigenvalue weighted by molar-refractivity contribution is 5.95. The van der Waals surface area contributed by atoms with Crippen molar-refractivity contribution < 1.29 is 9.59 Å². The Hall–Kier alpha value is -4.61. The van der Waals surface area contributed by atoms with Crippen molar-refractivity contribution in [3.63, 3.8) is 0 Å². The second kappa shape index (κ2) is 10.6. The molecule has 0 radical (unpaired) electrons. The number of fused-ring (bicyclic) bond motifs is 1. The molecule has 3 N–H and O–H groups in total. The molecule has 3 amide bonds. The van der Waals surface area contributed by atoms with Crippen LogP contribution in [0.15, 0.2) is 53.5 Å². The molecule has 1 atom stereocenters. The number of anilines is 2. The molecular weight excluding hydrogens is 498 g/mol. The van der Waals surface area contributed by atoms with Crippen molar-refractivity contribution in [3.05, 3.63) is 70.3 Å². The largest absolute Gasteiger partial charge is 0.353 e. The highest BCUT2D eigenvalue weighted by Gasteiger charge is 2.30. The van der Waals surface area contributed by atoms with Crippen LogP contribution in [0.5, 0.6) is 0 Å². The molecule has 0 bridgehead atoms. The Kier molecular flexibility index (Phi) is 7.09. The number of carbonyl (C=O) groups is 2. The lowest BCUT2D eigenvalue weighted by Gasteiger charge is -2.18. The maximum atomic E-state index is 13.5. The van der Waals surface area contributed by atoms with Crippen molar-refractivity contribution in [3.8, 4) is 5.69 Å². The van der Waals surface area contributed by atoms with Crippen LogP contribution in [0.1, 0.15) is 49.2 Å². The predicted octanol–water partition coefficient (Wildman–Crippen LogP) is 2.49. The van der Waals surface area contributed by atoms with E-state index in [0.717, 1.165) is 12.2 Å². The van der Waals surface area contributed by atoms with Crippen LogP contribution in [-0.2, 0) is 7.05 Å². The fourth-order valence-corrected chi connectivity index (χ4v) is 5.12. The number of aromatic nitrogens is 5. The molecule has 5 rings (SSSR count). The van der Waals surface area contributed by atoms with Crippen molar-refractivity contribution in [2.45, 2.75) is 39.2 Å². The van der Waals surface area contributed by atoms with Crippen molar-refractivity contribution in [1.82, 2.24) is 34.6 Å². The van der Waals surface area contributed by atoms with Crippen molar-refractivity contribution in [2.24, 2.45) is 7.05 Å². The van der Waals surface area contributed by atoms with E-state index in [9.17, 15) is 14.4 Å². The van der Waals surface area contributed by atoms with Gasteiger partial charge in [-0.2, -0.15) is 0 Å². The Labute approximate surface area is 225 Å². The van der Waals surface area contributed by atoms with Crippen molar-refractivity contribution >= 4 is 29.2 Å². The lowest BCUT2D eigenvalue weighted by Crippen LogP contribution is -2.39. The predicted molar refractivity (Wildman–Crippen MR) is 149 cm³/mol. The molecule has 4 heterocycles. The standard InChI is InChI=1S/C27H33N9O3/c1-5-28-27(39)31-20-16-35-21(30-20)11-12-22(32-35)34-14-13-18(15-34)29-25(37)23-24(17(2)3)33(4)36(26(23)38)19-9-7-6-8-10-19/h6-12,16-18H,5,13-15H2,1-4H3,(H,29,37)(H2,28,31,39). The van der Waals surface area contributed by atoms with E-state index in [0.29, 0.717) is 42.5 Å². The normalized spacial score (nSPS) is 15.2. The number of benzene rings is 1. The number of hydrogen-bond donors (Lipinski definition) is 3. The Balaban J connectivity index is 1.32. The Morgan fingerprint density at radius 3 is 2.62 bits per heavy atom. The van der Waals surface area contributed by atoms with Gasteiger partial charge >= 0.3 is 6.03 Å². The van der Waals surface area contributed by atoms with Crippen LogP contribution < -0.4 is 26.4 Å². The number of para-hydroxylation sites is 1. The third kappa shape index (κ3) is 5.09. The monoisotopic (exact) mass is 531 g/mol. The fourth-order valence-electron chi connectivity index (χ4n) is 5.12. The number of nitrogens with one attached hydrogen (secondary N) is 3. The summed E-state index contributed by atoms with van der Waals surface area (Å²) in [7, 11) is 1.81. The maximum absolute atomic E-state index is 13.5. The van der Waals surface area contributed by atoms with Crippen LogP contribution >= 0.6 is 0 Å². The summed E-state index contributed by atoms with van der Waals surface area (Å²) >= 11 is 0. The van der Waals surface area contributed by atoms with E-state index in [1.165, 1.54) is 0 Å². The van der Waals surface area contributed by atoms with Gasteiger partial charge in [-0.15, -0.1) is 5.10 Å². The van der Waals surface area contributed by atoms with Gasteiger partial charge in [0.15, 0.2) is 11.5 Å². The first-order valence-electron chi connectivity index (χ1n) is 13.1. The molecular formula is C27H33N9O3. The first-order chi connectivity index (χ1) is 18.8. The quantitative estimate of drug-likeness (QED) is 0.336. The highest BCUT2D eigenvalue weighted by atomic mass is 16.2. The molecule has 12 nitrogen and oxygen atoms in total. The molecule has 204 valence electrons. The summed E-state index contributed by atoms with van der Waals surface area (Å²) in [6.07, 6.45) is 2.38. The first kappa shape index (κ1) is 26.0. The summed E-state index contributed by atoms with van der Waals surface area (Å²) in [6, 6.07) is 12.6. The number of urea groups is 1. The van der Waals surface area contributed by atoms with Gasteiger partial charge in [0, 0.05) is 32.7 Å². The molecule has 39 heavy (non-hydrogen) atoms. The molecule has 0 aliphatic carbocycles.